The maximum atomic E-state index is 13.3. The Kier molecular flexibility index (Phi) is 7.72. The van der Waals surface area contributed by atoms with E-state index in [4.69, 9.17) is 11.6 Å². The lowest BCUT2D eigenvalue weighted by Gasteiger charge is -2.22. The number of halogens is 4. The van der Waals surface area contributed by atoms with Gasteiger partial charge in [0.2, 0.25) is 0 Å². The lowest BCUT2D eigenvalue weighted by molar-refractivity contribution is -0.140. The van der Waals surface area contributed by atoms with Gasteiger partial charge in [-0.3, -0.25) is 4.79 Å². The fourth-order valence-corrected chi connectivity index (χ4v) is 3.32. The van der Waals surface area contributed by atoms with Crippen molar-refractivity contribution in [2.45, 2.75) is 32.0 Å². The summed E-state index contributed by atoms with van der Waals surface area (Å²) in [5.41, 5.74) is 1.03. The Morgan fingerprint density at radius 2 is 1.87 bits per heavy atom. The third-order valence-corrected chi connectivity index (χ3v) is 4.76. The predicted octanol–water partition coefficient (Wildman–Crippen LogP) is 5.12. The number of alkyl halides is 3. The molecule has 0 aliphatic carbocycles. The first kappa shape index (κ1) is 23.5. The summed E-state index contributed by atoms with van der Waals surface area (Å²) in [6.07, 6.45) is -4.21. The number of methoxy groups -OCH3 is 1. The molecule has 9 heteroatoms. The van der Waals surface area contributed by atoms with E-state index in [0.717, 1.165) is 12.1 Å². The first-order valence-electron chi connectivity index (χ1n) is 9.15. The molecule has 0 radical (unpaired) electrons. The summed E-state index contributed by atoms with van der Waals surface area (Å²) < 4.78 is 44.7. The van der Waals surface area contributed by atoms with Crippen molar-refractivity contribution < 1.29 is 27.5 Å². The summed E-state index contributed by atoms with van der Waals surface area (Å²) in [7, 11) is 2.68. The van der Waals surface area contributed by atoms with Gasteiger partial charge in [0, 0.05) is 12.1 Å². The van der Waals surface area contributed by atoms with Gasteiger partial charge in [0.15, 0.2) is 0 Å². The second-order valence-electron chi connectivity index (χ2n) is 6.59. The number of carbonyl (C=O) groups is 2. The van der Waals surface area contributed by atoms with E-state index in [-0.39, 0.29) is 6.42 Å². The molecule has 162 valence electrons. The van der Waals surface area contributed by atoms with Crippen LogP contribution in [0.15, 0.2) is 36.4 Å². The molecule has 0 saturated heterocycles. The topological polar surface area (TPSA) is 67.4 Å². The van der Waals surface area contributed by atoms with Crippen LogP contribution in [0.2, 0.25) is 5.02 Å². The predicted molar refractivity (Wildman–Crippen MR) is 108 cm³/mol. The summed E-state index contributed by atoms with van der Waals surface area (Å²) >= 11 is 6.19. The molecule has 2 rings (SSSR count). The molecule has 0 aliphatic rings. The second kappa shape index (κ2) is 9.84. The molecular weight excluding hydrogens is 421 g/mol. The molecule has 2 aromatic carbocycles. The minimum Gasteiger partial charge on any atom is -0.469 e. The SMILES string of the molecule is CCC(NC(=O)NC)c1cc(C(F)(F)F)ccc1-c1cc(Cl)cc(CC(=O)OC)c1. The number of urea groups is 1. The zero-order valence-corrected chi connectivity index (χ0v) is 17.4. The van der Waals surface area contributed by atoms with E-state index in [1.165, 1.54) is 20.2 Å². The lowest BCUT2D eigenvalue weighted by Crippen LogP contribution is -2.35. The van der Waals surface area contributed by atoms with Gasteiger partial charge in [0.1, 0.15) is 0 Å². The van der Waals surface area contributed by atoms with Crippen LogP contribution in [0.4, 0.5) is 18.0 Å². The summed E-state index contributed by atoms with van der Waals surface area (Å²) in [5.74, 6) is -0.469. The number of hydrogen-bond acceptors (Lipinski definition) is 3. The first-order valence-corrected chi connectivity index (χ1v) is 9.52. The van der Waals surface area contributed by atoms with Crippen LogP contribution in [0.5, 0.6) is 0 Å². The van der Waals surface area contributed by atoms with Crippen LogP contribution in [0.3, 0.4) is 0 Å². The van der Waals surface area contributed by atoms with E-state index in [1.54, 1.807) is 25.1 Å². The average molecular weight is 443 g/mol. The number of ether oxygens (including phenoxy) is 1. The van der Waals surface area contributed by atoms with Crippen molar-refractivity contribution in [3.05, 3.63) is 58.1 Å². The molecule has 0 aliphatic heterocycles. The van der Waals surface area contributed by atoms with E-state index < -0.39 is 29.8 Å². The normalized spacial score (nSPS) is 12.2. The van der Waals surface area contributed by atoms with Gasteiger partial charge in [0.25, 0.3) is 0 Å². The number of nitrogens with one attached hydrogen (secondary N) is 2. The minimum absolute atomic E-state index is 0.0340. The quantitative estimate of drug-likeness (QED) is 0.610. The van der Waals surface area contributed by atoms with E-state index in [9.17, 15) is 22.8 Å². The number of hydrogen-bond donors (Lipinski definition) is 2. The Hall–Kier alpha value is -2.74. The molecule has 1 unspecified atom stereocenters. The molecule has 0 heterocycles. The molecule has 0 spiro atoms. The van der Waals surface area contributed by atoms with Gasteiger partial charge in [-0.2, -0.15) is 13.2 Å². The fraction of sp³-hybridized carbons (Fsp3) is 0.333. The van der Waals surface area contributed by atoms with E-state index in [0.29, 0.717) is 33.7 Å². The molecule has 0 bridgehead atoms. The Bertz CT molecular complexity index is 932. The summed E-state index contributed by atoms with van der Waals surface area (Å²) in [5, 5.41) is 5.40. The van der Waals surface area contributed by atoms with Gasteiger partial charge in [-0.25, -0.2) is 4.79 Å². The molecule has 2 N–H and O–H groups in total. The van der Waals surface area contributed by atoms with Crippen molar-refractivity contribution in [1.82, 2.24) is 10.6 Å². The average Bonchev–Trinajstić information content (AvgIpc) is 2.70. The number of amides is 2. The summed E-state index contributed by atoms with van der Waals surface area (Å²) in [4.78, 5) is 23.5. The first-order chi connectivity index (χ1) is 14.1. The van der Waals surface area contributed by atoms with E-state index in [2.05, 4.69) is 15.4 Å². The van der Waals surface area contributed by atoms with Gasteiger partial charge in [-0.15, -0.1) is 0 Å². The number of esters is 1. The molecule has 30 heavy (non-hydrogen) atoms. The summed E-state index contributed by atoms with van der Waals surface area (Å²) in [6, 6.07) is 7.02. The Labute approximate surface area is 177 Å². The lowest BCUT2D eigenvalue weighted by atomic mass is 9.90. The minimum atomic E-state index is -4.54. The third-order valence-electron chi connectivity index (χ3n) is 4.54. The highest BCUT2D eigenvalue weighted by Crippen LogP contribution is 2.37. The fourth-order valence-electron chi connectivity index (χ4n) is 3.07. The number of benzene rings is 2. The van der Waals surface area contributed by atoms with Gasteiger partial charge in [-0.05, 0) is 52.9 Å². The van der Waals surface area contributed by atoms with Crippen LogP contribution in [-0.2, 0) is 22.1 Å². The molecule has 1 atom stereocenters. The van der Waals surface area contributed by atoms with Crippen LogP contribution in [-0.4, -0.2) is 26.2 Å². The van der Waals surface area contributed by atoms with Gasteiger partial charge in [-0.1, -0.05) is 30.7 Å². The second-order valence-corrected chi connectivity index (χ2v) is 7.02. The molecule has 0 aromatic heterocycles. The molecule has 2 amide bonds. The molecule has 5 nitrogen and oxygen atoms in total. The maximum Gasteiger partial charge on any atom is 0.416 e. The third kappa shape index (κ3) is 5.89. The highest BCUT2D eigenvalue weighted by Gasteiger charge is 2.32. The maximum absolute atomic E-state index is 13.3. The molecule has 2 aromatic rings. The molecular formula is C21H22ClF3N2O3. The monoisotopic (exact) mass is 442 g/mol. The largest absolute Gasteiger partial charge is 0.469 e. The zero-order valence-electron chi connectivity index (χ0n) is 16.7. The van der Waals surface area contributed by atoms with Gasteiger partial charge in [0.05, 0.1) is 25.1 Å². The van der Waals surface area contributed by atoms with Crippen molar-refractivity contribution >= 4 is 23.6 Å². The number of rotatable bonds is 6. The zero-order chi connectivity index (χ0) is 22.5. The van der Waals surface area contributed by atoms with E-state index >= 15 is 0 Å². The van der Waals surface area contributed by atoms with Crippen LogP contribution in [0.25, 0.3) is 11.1 Å². The Morgan fingerprint density at radius 3 is 2.43 bits per heavy atom. The highest BCUT2D eigenvalue weighted by molar-refractivity contribution is 6.31. The molecule has 0 saturated carbocycles. The van der Waals surface area contributed by atoms with E-state index in [1.807, 2.05) is 0 Å². The van der Waals surface area contributed by atoms with Crippen molar-refractivity contribution in [1.29, 1.82) is 0 Å². The van der Waals surface area contributed by atoms with Gasteiger partial charge >= 0.3 is 18.2 Å². The van der Waals surface area contributed by atoms with Crippen molar-refractivity contribution in [2.24, 2.45) is 0 Å². The smallest absolute Gasteiger partial charge is 0.416 e. The van der Waals surface area contributed by atoms with Crippen LogP contribution < -0.4 is 10.6 Å². The van der Waals surface area contributed by atoms with Crippen LogP contribution >= 0.6 is 11.6 Å². The standard InChI is InChI=1S/C21H22ClF3N2O3/c1-4-18(27-20(29)26-2)17-11-14(21(23,24)25)5-6-16(17)13-7-12(8-15(22)10-13)9-19(28)30-3/h5-8,10-11,18H,4,9H2,1-3H3,(H2,26,27,29). The Balaban J connectivity index is 2.64. The van der Waals surface area contributed by atoms with Crippen LogP contribution in [0.1, 0.15) is 36.1 Å². The molecule has 0 fully saturated rings. The van der Waals surface area contributed by atoms with Crippen LogP contribution in [0, 0.1) is 0 Å². The van der Waals surface area contributed by atoms with Gasteiger partial charge < -0.3 is 15.4 Å². The van der Waals surface area contributed by atoms with Crippen molar-refractivity contribution in [2.75, 3.05) is 14.2 Å². The highest BCUT2D eigenvalue weighted by atomic mass is 35.5. The summed E-state index contributed by atoms with van der Waals surface area (Å²) in [6.45, 7) is 1.76. The van der Waals surface area contributed by atoms with Crippen molar-refractivity contribution in [3.8, 4) is 11.1 Å². The number of carbonyl (C=O) groups excluding carboxylic acids is 2. The Morgan fingerprint density at radius 1 is 1.17 bits per heavy atom. The van der Waals surface area contributed by atoms with Crippen molar-refractivity contribution in [3.63, 3.8) is 0 Å².